The summed E-state index contributed by atoms with van der Waals surface area (Å²) in [4.78, 5) is 0.0133. The first kappa shape index (κ1) is 10.5. The summed E-state index contributed by atoms with van der Waals surface area (Å²) in [6, 6.07) is 0. The molecule has 6 heteroatoms. The van der Waals surface area contributed by atoms with Gasteiger partial charge in [-0.2, -0.15) is 0 Å². The van der Waals surface area contributed by atoms with Gasteiger partial charge in [-0.1, -0.05) is 47.8 Å². The van der Waals surface area contributed by atoms with Gasteiger partial charge in [0.05, 0.1) is 15.8 Å². The Kier molecular flexibility index (Phi) is 3.11. The van der Waals surface area contributed by atoms with Crippen molar-refractivity contribution in [1.29, 1.82) is 0 Å². The molecule has 1 fully saturated rings. The second-order valence-corrected chi connectivity index (χ2v) is 8.04. The largest absolute Gasteiger partial charge is 0.229 e. The molecule has 0 amide bonds. The van der Waals surface area contributed by atoms with E-state index in [0.717, 1.165) is 0 Å². The van der Waals surface area contributed by atoms with E-state index in [0.29, 0.717) is 5.33 Å². The van der Waals surface area contributed by atoms with Gasteiger partial charge in [0, 0.05) is 10.2 Å². The van der Waals surface area contributed by atoms with Crippen LogP contribution in [0.4, 0.5) is 0 Å². The molecule has 1 saturated heterocycles. The molecule has 0 N–H and O–H groups in total. The first-order chi connectivity index (χ1) is 4.90. The Balaban J connectivity index is 2.90. The third-order valence-electron chi connectivity index (χ3n) is 1.64. The molecule has 0 aromatic rings. The maximum absolute atomic E-state index is 11.1. The highest BCUT2D eigenvalue weighted by molar-refractivity contribution is 9.14. The fourth-order valence-electron chi connectivity index (χ4n) is 1.01. The lowest BCUT2D eigenvalue weighted by molar-refractivity contribution is 0.601. The third-order valence-corrected chi connectivity index (χ3v) is 8.92. The first-order valence-corrected chi connectivity index (χ1v) is 7.64. The second-order valence-electron chi connectivity index (χ2n) is 2.69. The van der Waals surface area contributed by atoms with Crippen molar-refractivity contribution < 1.29 is 8.42 Å². The third kappa shape index (κ3) is 2.19. The van der Waals surface area contributed by atoms with Gasteiger partial charge in [0.2, 0.25) is 0 Å². The van der Waals surface area contributed by atoms with Gasteiger partial charge in [-0.05, 0) is 0 Å². The van der Waals surface area contributed by atoms with Gasteiger partial charge in [-0.15, -0.1) is 0 Å². The van der Waals surface area contributed by atoms with Gasteiger partial charge in [0.15, 0.2) is 9.84 Å². The van der Waals surface area contributed by atoms with Gasteiger partial charge >= 0.3 is 0 Å². The minimum absolute atomic E-state index is 0.0133. The monoisotopic (exact) mass is 368 g/mol. The molecule has 0 aromatic heterocycles. The summed E-state index contributed by atoms with van der Waals surface area (Å²) < 4.78 is 22.0. The Bertz CT molecular complexity index is 250. The smallest absolute Gasteiger partial charge is 0.152 e. The molecule has 11 heavy (non-hydrogen) atoms. The molecule has 2 nitrogen and oxygen atoms in total. The highest BCUT2D eigenvalue weighted by Crippen LogP contribution is 2.38. The zero-order valence-electron chi connectivity index (χ0n) is 5.56. The molecular formula is C5H7Br3O2S. The number of alkyl halides is 3. The van der Waals surface area contributed by atoms with E-state index in [1.54, 1.807) is 0 Å². The number of halogens is 3. The number of rotatable bonds is 1. The summed E-state index contributed by atoms with van der Waals surface area (Å²) in [5.74, 6) is 0.436. The summed E-state index contributed by atoms with van der Waals surface area (Å²) in [6.07, 6.45) is 0. The molecule has 1 rings (SSSR count). The number of hydrogen-bond donors (Lipinski definition) is 0. The molecule has 2 atom stereocenters. The Labute approximate surface area is 91.4 Å². The van der Waals surface area contributed by atoms with Crippen LogP contribution in [0.15, 0.2) is 0 Å². The number of hydrogen-bond acceptors (Lipinski definition) is 2. The fraction of sp³-hybridized carbons (Fsp3) is 1.00. The highest BCUT2D eigenvalue weighted by atomic mass is 79.9. The molecule has 1 heterocycles. The summed E-state index contributed by atoms with van der Waals surface area (Å²) in [5.41, 5.74) is 0. The zero-order valence-corrected chi connectivity index (χ0v) is 11.1. The molecule has 1 aliphatic heterocycles. The molecule has 0 bridgehead atoms. The van der Waals surface area contributed by atoms with Crippen LogP contribution in [0.1, 0.15) is 0 Å². The average Bonchev–Trinajstić information content (AvgIpc) is 2.03. The quantitative estimate of drug-likeness (QED) is 0.658. The van der Waals surface area contributed by atoms with Crippen LogP contribution < -0.4 is 0 Å². The topological polar surface area (TPSA) is 34.1 Å². The van der Waals surface area contributed by atoms with Crippen molar-refractivity contribution in [2.75, 3.05) is 16.8 Å². The van der Waals surface area contributed by atoms with E-state index >= 15 is 0 Å². The van der Waals surface area contributed by atoms with Gasteiger partial charge in [0.25, 0.3) is 0 Å². The SMILES string of the molecule is O=S1(=O)C[C@@H](Br)[C@](Br)(CBr)C1. The van der Waals surface area contributed by atoms with Gasteiger partial charge in [0.1, 0.15) is 0 Å². The van der Waals surface area contributed by atoms with Gasteiger partial charge < -0.3 is 0 Å². The average molecular weight is 371 g/mol. The molecule has 66 valence electrons. The van der Waals surface area contributed by atoms with E-state index in [4.69, 9.17) is 0 Å². The number of sulfone groups is 1. The molecule has 0 aliphatic carbocycles. The van der Waals surface area contributed by atoms with E-state index in [9.17, 15) is 8.42 Å². The first-order valence-electron chi connectivity index (χ1n) is 2.99. The van der Waals surface area contributed by atoms with Crippen LogP contribution in [0.5, 0.6) is 0 Å². The van der Waals surface area contributed by atoms with Crippen molar-refractivity contribution in [3.8, 4) is 0 Å². The molecule has 0 saturated carbocycles. The Hall–Kier alpha value is 1.39. The van der Waals surface area contributed by atoms with Gasteiger partial charge in [-0.25, -0.2) is 8.42 Å². The van der Waals surface area contributed by atoms with Crippen molar-refractivity contribution >= 4 is 57.6 Å². The molecule has 0 spiro atoms. The minimum atomic E-state index is -2.84. The van der Waals surface area contributed by atoms with Crippen LogP contribution >= 0.6 is 47.8 Å². The van der Waals surface area contributed by atoms with Crippen molar-refractivity contribution in [2.45, 2.75) is 9.15 Å². The van der Waals surface area contributed by atoms with Crippen molar-refractivity contribution in [3.05, 3.63) is 0 Å². The van der Waals surface area contributed by atoms with Crippen LogP contribution in [-0.2, 0) is 9.84 Å². The van der Waals surface area contributed by atoms with Crippen molar-refractivity contribution in [3.63, 3.8) is 0 Å². The molecular weight excluding hydrogens is 364 g/mol. The Morgan fingerprint density at radius 3 is 2.27 bits per heavy atom. The highest BCUT2D eigenvalue weighted by Gasteiger charge is 2.46. The van der Waals surface area contributed by atoms with E-state index in [1.807, 2.05) is 0 Å². The second kappa shape index (κ2) is 3.27. The van der Waals surface area contributed by atoms with Gasteiger partial charge in [-0.3, -0.25) is 0 Å². The van der Waals surface area contributed by atoms with E-state index in [1.165, 1.54) is 0 Å². The predicted molar refractivity (Wildman–Crippen MR) is 56.8 cm³/mol. The van der Waals surface area contributed by atoms with Crippen molar-refractivity contribution in [1.82, 2.24) is 0 Å². The zero-order chi connectivity index (χ0) is 8.70. The van der Waals surface area contributed by atoms with Crippen LogP contribution in [0.2, 0.25) is 0 Å². The maximum Gasteiger partial charge on any atom is 0.152 e. The molecule has 0 aromatic carbocycles. The maximum atomic E-state index is 11.1. The molecule has 0 unspecified atom stereocenters. The van der Waals surface area contributed by atoms with E-state index < -0.39 is 9.84 Å². The summed E-state index contributed by atoms with van der Waals surface area (Å²) in [5, 5.41) is 0.648. The Morgan fingerprint density at radius 2 is 2.09 bits per heavy atom. The van der Waals surface area contributed by atoms with Crippen LogP contribution in [0, 0.1) is 0 Å². The predicted octanol–water partition coefficient (Wildman–Crippen LogP) is 1.71. The summed E-state index contributed by atoms with van der Waals surface area (Å²) >= 11 is 10.0. The van der Waals surface area contributed by atoms with Crippen LogP contribution in [-0.4, -0.2) is 34.4 Å². The lowest BCUT2D eigenvalue weighted by atomic mass is 10.2. The van der Waals surface area contributed by atoms with Crippen LogP contribution in [0.3, 0.4) is 0 Å². The van der Waals surface area contributed by atoms with Crippen LogP contribution in [0.25, 0.3) is 0 Å². The minimum Gasteiger partial charge on any atom is -0.229 e. The molecule has 0 radical (unpaired) electrons. The lowest BCUT2D eigenvalue weighted by Crippen LogP contribution is -2.32. The standard InChI is InChI=1S/C5H7Br3O2S/c6-2-5(8)3-11(9,10)1-4(5)7/h4H,1-3H2/t4-,5+/m1/s1. The van der Waals surface area contributed by atoms with Crippen molar-refractivity contribution in [2.24, 2.45) is 0 Å². The Morgan fingerprint density at radius 1 is 1.55 bits per heavy atom. The van der Waals surface area contributed by atoms with E-state index in [2.05, 4.69) is 47.8 Å². The normalized spacial score (nSPS) is 42.6. The summed E-state index contributed by atoms with van der Waals surface area (Å²) in [7, 11) is -2.84. The molecule has 1 aliphatic rings. The lowest BCUT2D eigenvalue weighted by Gasteiger charge is -2.19. The fourth-order valence-corrected chi connectivity index (χ4v) is 7.38. The van der Waals surface area contributed by atoms with E-state index in [-0.39, 0.29) is 20.7 Å². The summed E-state index contributed by atoms with van der Waals surface area (Å²) in [6.45, 7) is 0.